The molecular formula is C25H31F3O6. The van der Waals surface area contributed by atoms with Gasteiger partial charge in [-0.1, -0.05) is 30.4 Å². The highest BCUT2D eigenvalue weighted by atomic mass is 19.4. The Hall–Kier alpha value is -2.65. The second kappa shape index (κ2) is 13.3. The average Bonchev–Trinajstić information content (AvgIpc) is 3.04. The van der Waals surface area contributed by atoms with E-state index in [4.69, 9.17) is 9.47 Å². The smallest absolute Gasteiger partial charge is 0.416 e. The molecule has 1 aromatic rings. The second-order valence-electron chi connectivity index (χ2n) is 8.25. The van der Waals surface area contributed by atoms with Crippen LogP contribution in [0.2, 0.25) is 0 Å². The molecule has 0 bridgehead atoms. The standard InChI is InChI=1S/C25H31F3O6/c1-17(29)33-13-6-4-2-3-5-10-21-22(24(32)15-23(21)31)12-11-19(30)16-34-20-9-7-8-18(14-20)25(26,27)28/h3,5,7-9,11-12,14,19,21-22,24,30,32H,2,4,6,10,13,15-16H2,1H3/b5-3-,12-11+/t19-,21-,22-,24-/m1/s1. The van der Waals surface area contributed by atoms with Gasteiger partial charge in [0.2, 0.25) is 0 Å². The van der Waals surface area contributed by atoms with Crippen molar-refractivity contribution >= 4 is 11.8 Å². The van der Waals surface area contributed by atoms with E-state index >= 15 is 0 Å². The molecule has 0 saturated heterocycles. The number of Topliss-reactive ketones (excluding diaryl/α,β-unsaturated/α-hetero) is 1. The van der Waals surface area contributed by atoms with E-state index in [9.17, 15) is 33.0 Å². The average molecular weight is 485 g/mol. The first kappa shape index (κ1) is 27.6. The lowest BCUT2D eigenvalue weighted by atomic mass is 9.90. The Balaban J connectivity index is 1.82. The summed E-state index contributed by atoms with van der Waals surface area (Å²) in [5, 5.41) is 20.4. The molecule has 1 aliphatic carbocycles. The molecule has 0 unspecified atom stereocenters. The van der Waals surface area contributed by atoms with Crippen LogP contribution >= 0.6 is 0 Å². The van der Waals surface area contributed by atoms with Crippen LogP contribution in [0.25, 0.3) is 0 Å². The Morgan fingerprint density at radius 1 is 1.26 bits per heavy atom. The SMILES string of the molecule is CC(=O)OCCCC/C=C\C[C@H]1C(=O)C[C@@H](O)[C@@H]1/C=C/[C@@H](O)COc1cccc(C(F)(F)F)c1. The number of halogens is 3. The quantitative estimate of drug-likeness (QED) is 0.262. The van der Waals surface area contributed by atoms with Gasteiger partial charge in [-0.15, -0.1) is 0 Å². The highest BCUT2D eigenvalue weighted by Gasteiger charge is 2.39. The van der Waals surface area contributed by atoms with Gasteiger partial charge in [0.1, 0.15) is 24.2 Å². The molecule has 4 atom stereocenters. The van der Waals surface area contributed by atoms with Crippen LogP contribution in [-0.2, 0) is 20.5 Å². The normalized spacial score (nSPS) is 21.9. The molecule has 0 amide bonds. The third-order valence-electron chi connectivity index (χ3n) is 5.50. The molecule has 2 rings (SSSR count). The van der Waals surface area contributed by atoms with E-state index in [-0.39, 0.29) is 30.5 Å². The topological polar surface area (TPSA) is 93.1 Å². The number of carbonyl (C=O) groups excluding carboxylic acids is 2. The molecule has 1 fully saturated rings. The zero-order chi connectivity index (χ0) is 25.1. The molecule has 34 heavy (non-hydrogen) atoms. The van der Waals surface area contributed by atoms with Crippen LogP contribution in [0.3, 0.4) is 0 Å². The number of aliphatic hydroxyl groups excluding tert-OH is 2. The zero-order valence-corrected chi connectivity index (χ0v) is 19.0. The number of carbonyl (C=O) groups is 2. The summed E-state index contributed by atoms with van der Waals surface area (Å²) in [6, 6.07) is 4.37. The van der Waals surface area contributed by atoms with Crippen molar-refractivity contribution in [2.24, 2.45) is 11.8 Å². The Kier molecular flexibility index (Phi) is 10.8. The number of hydrogen-bond donors (Lipinski definition) is 2. The molecule has 6 nitrogen and oxygen atoms in total. The molecule has 1 aliphatic rings. The van der Waals surface area contributed by atoms with E-state index in [1.54, 1.807) is 6.08 Å². The molecule has 0 spiro atoms. The van der Waals surface area contributed by atoms with Crippen LogP contribution in [0.5, 0.6) is 5.75 Å². The molecule has 9 heteroatoms. The monoisotopic (exact) mass is 484 g/mol. The number of ether oxygens (including phenoxy) is 2. The first-order chi connectivity index (χ1) is 16.1. The molecule has 0 aliphatic heterocycles. The van der Waals surface area contributed by atoms with Crippen LogP contribution in [0.15, 0.2) is 48.6 Å². The van der Waals surface area contributed by atoms with Crippen LogP contribution in [0, 0.1) is 11.8 Å². The van der Waals surface area contributed by atoms with Gasteiger partial charge in [0.15, 0.2) is 0 Å². The van der Waals surface area contributed by atoms with Gasteiger partial charge in [0.05, 0.1) is 18.3 Å². The summed E-state index contributed by atoms with van der Waals surface area (Å²) in [6.45, 7) is 1.47. The fourth-order valence-electron chi connectivity index (χ4n) is 3.72. The minimum absolute atomic E-state index is 0.0192. The highest BCUT2D eigenvalue weighted by Crippen LogP contribution is 2.34. The number of rotatable bonds is 12. The lowest BCUT2D eigenvalue weighted by Gasteiger charge is -2.17. The summed E-state index contributed by atoms with van der Waals surface area (Å²) in [6.07, 6.45) is 3.19. The largest absolute Gasteiger partial charge is 0.491 e. The summed E-state index contributed by atoms with van der Waals surface area (Å²) in [4.78, 5) is 23.0. The van der Waals surface area contributed by atoms with Crippen molar-refractivity contribution in [1.82, 2.24) is 0 Å². The van der Waals surface area contributed by atoms with Crippen LogP contribution in [-0.4, -0.2) is 47.4 Å². The molecule has 1 saturated carbocycles. The zero-order valence-electron chi connectivity index (χ0n) is 19.0. The third kappa shape index (κ3) is 9.30. The van der Waals surface area contributed by atoms with Gasteiger partial charge in [-0.25, -0.2) is 0 Å². The van der Waals surface area contributed by atoms with Gasteiger partial charge in [-0.2, -0.15) is 13.2 Å². The van der Waals surface area contributed by atoms with Crippen molar-refractivity contribution < 1.29 is 42.4 Å². The van der Waals surface area contributed by atoms with Gasteiger partial charge in [-0.05, 0) is 43.9 Å². The first-order valence-corrected chi connectivity index (χ1v) is 11.2. The highest BCUT2D eigenvalue weighted by molar-refractivity contribution is 5.84. The maximum atomic E-state index is 12.8. The van der Waals surface area contributed by atoms with E-state index in [0.29, 0.717) is 13.0 Å². The lowest BCUT2D eigenvalue weighted by molar-refractivity contribution is -0.141. The first-order valence-electron chi connectivity index (χ1n) is 11.2. The van der Waals surface area contributed by atoms with Gasteiger partial charge in [0.25, 0.3) is 0 Å². The Bertz CT molecular complexity index is 864. The van der Waals surface area contributed by atoms with E-state index in [1.807, 2.05) is 12.2 Å². The molecule has 0 aromatic heterocycles. The number of aliphatic hydroxyl groups is 2. The number of esters is 1. The molecular weight excluding hydrogens is 453 g/mol. The van der Waals surface area contributed by atoms with Crippen molar-refractivity contribution in [1.29, 1.82) is 0 Å². The Morgan fingerprint density at radius 3 is 2.74 bits per heavy atom. The van der Waals surface area contributed by atoms with E-state index in [2.05, 4.69) is 0 Å². The van der Waals surface area contributed by atoms with Crippen LogP contribution < -0.4 is 4.74 Å². The number of ketones is 1. The van der Waals surface area contributed by atoms with Crippen molar-refractivity contribution in [3.8, 4) is 5.75 Å². The van der Waals surface area contributed by atoms with Crippen molar-refractivity contribution in [2.75, 3.05) is 13.2 Å². The number of alkyl halides is 3. The number of allylic oxidation sites excluding steroid dienone is 2. The summed E-state index contributed by atoms with van der Waals surface area (Å²) >= 11 is 0. The molecule has 1 aromatic carbocycles. The Labute approximate surface area is 197 Å². The van der Waals surface area contributed by atoms with Crippen molar-refractivity contribution in [3.63, 3.8) is 0 Å². The molecule has 2 N–H and O–H groups in total. The fourth-order valence-corrected chi connectivity index (χ4v) is 3.72. The van der Waals surface area contributed by atoms with Crippen molar-refractivity contribution in [3.05, 3.63) is 54.1 Å². The van der Waals surface area contributed by atoms with E-state index in [0.717, 1.165) is 31.4 Å². The predicted octanol–water partition coefficient (Wildman–Crippen LogP) is 4.25. The summed E-state index contributed by atoms with van der Waals surface area (Å²) < 4.78 is 48.5. The second-order valence-corrected chi connectivity index (χ2v) is 8.25. The fraction of sp³-hybridized carbons (Fsp3) is 0.520. The maximum absolute atomic E-state index is 12.8. The Morgan fingerprint density at radius 2 is 2.03 bits per heavy atom. The number of benzene rings is 1. The van der Waals surface area contributed by atoms with Gasteiger partial charge in [-0.3, -0.25) is 9.59 Å². The van der Waals surface area contributed by atoms with Crippen LogP contribution in [0.1, 0.15) is 44.6 Å². The number of hydrogen-bond acceptors (Lipinski definition) is 6. The number of unbranched alkanes of at least 4 members (excludes halogenated alkanes) is 2. The predicted molar refractivity (Wildman–Crippen MR) is 119 cm³/mol. The van der Waals surface area contributed by atoms with E-state index in [1.165, 1.54) is 25.1 Å². The van der Waals surface area contributed by atoms with Gasteiger partial charge in [0, 0.05) is 25.2 Å². The summed E-state index contributed by atoms with van der Waals surface area (Å²) in [5.74, 6) is -1.27. The molecule has 188 valence electrons. The molecule has 0 heterocycles. The maximum Gasteiger partial charge on any atom is 0.416 e. The third-order valence-corrected chi connectivity index (χ3v) is 5.50. The van der Waals surface area contributed by atoms with Gasteiger partial charge >= 0.3 is 12.1 Å². The summed E-state index contributed by atoms with van der Waals surface area (Å²) in [7, 11) is 0. The lowest BCUT2D eigenvalue weighted by Crippen LogP contribution is -2.20. The summed E-state index contributed by atoms with van der Waals surface area (Å²) in [5.41, 5.74) is -0.845. The van der Waals surface area contributed by atoms with Crippen LogP contribution in [0.4, 0.5) is 13.2 Å². The van der Waals surface area contributed by atoms with E-state index < -0.39 is 35.8 Å². The minimum Gasteiger partial charge on any atom is -0.491 e. The van der Waals surface area contributed by atoms with Gasteiger partial charge < -0.3 is 19.7 Å². The minimum atomic E-state index is -4.49. The molecule has 0 radical (unpaired) electrons. The van der Waals surface area contributed by atoms with Crippen molar-refractivity contribution in [2.45, 2.75) is 57.4 Å².